The summed E-state index contributed by atoms with van der Waals surface area (Å²) in [6, 6.07) is 13.6. The second kappa shape index (κ2) is 9.50. The number of unbranched alkanes of at least 4 members (excludes halogenated alkanes) is 2. The molecule has 6 heteroatoms. The minimum atomic E-state index is -3.53. The molecule has 0 saturated carbocycles. The molecule has 0 fully saturated rings. The quantitative estimate of drug-likeness (QED) is 0.652. The van der Waals surface area contributed by atoms with Gasteiger partial charge in [0.2, 0.25) is 10.0 Å². The Morgan fingerprint density at radius 3 is 2.15 bits per heavy atom. The maximum Gasteiger partial charge on any atom is 0.255 e. The third kappa shape index (κ3) is 5.68. The van der Waals surface area contributed by atoms with Crippen molar-refractivity contribution in [2.45, 2.75) is 44.4 Å². The Labute approximate surface area is 155 Å². The molecule has 0 aromatic heterocycles. The molecule has 0 unspecified atom stereocenters. The zero-order chi connectivity index (χ0) is 19.0. The predicted molar refractivity (Wildman–Crippen MR) is 105 cm³/mol. The van der Waals surface area contributed by atoms with Gasteiger partial charge in [-0.15, -0.1) is 0 Å². The van der Waals surface area contributed by atoms with Gasteiger partial charge in [-0.1, -0.05) is 38.8 Å². The van der Waals surface area contributed by atoms with E-state index >= 15 is 0 Å². The summed E-state index contributed by atoms with van der Waals surface area (Å²) >= 11 is 0. The fourth-order valence-corrected chi connectivity index (χ4v) is 3.55. The van der Waals surface area contributed by atoms with Crippen molar-refractivity contribution in [1.29, 1.82) is 0 Å². The Bertz CT molecular complexity index is 813. The molecule has 0 spiro atoms. The molecule has 0 aliphatic carbocycles. The van der Waals surface area contributed by atoms with Gasteiger partial charge in [0.1, 0.15) is 0 Å². The van der Waals surface area contributed by atoms with Crippen LogP contribution in [0.1, 0.15) is 49.0 Å². The van der Waals surface area contributed by atoms with E-state index in [0.29, 0.717) is 17.8 Å². The summed E-state index contributed by atoms with van der Waals surface area (Å²) < 4.78 is 27.0. The largest absolute Gasteiger partial charge is 0.322 e. The molecule has 2 rings (SSSR count). The van der Waals surface area contributed by atoms with Crippen LogP contribution >= 0.6 is 0 Å². The first kappa shape index (κ1) is 20.1. The fourth-order valence-electron chi connectivity index (χ4n) is 2.48. The number of aryl methyl sites for hydroxylation is 1. The Hall–Kier alpha value is -2.18. The molecular weight excluding hydrogens is 348 g/mol. The zero-order valence-corrected chi connectivity index (χ0v) is 16.1. The van der Waals surface area contributed by atoms with Crippen LogP contribution in [-0.4, -0.2) is 20.9 Å². The van der Waals surface area contributed by atoms with Crippen molar-refractivity contribution in [3.8, 4) is 0 Å². The molecule has 0 heterocycles. The minimum Gasteiger partial charge on any atom is -0.322 e. The molecule has 0 bridgehead atoms. The molecule has 0 atom stereocenters. The van der Waals surface area contributed by atoms with Gasteiger partial charge in [0.15, 0.2) is 0 Å². The summed E-state index contributed by atoms with van der Waals surface area (Å²) in [6.07, 6.45) is 3.78. The van der Waals surface area contributed by atoms with Crippen molar-refractivity contribution >= 4 is 21.6 Å². The summed E-state index contributed by atoms with van der Waals surface area (Å²) in [4.78, 5) is 12.5. The number of hydrogen-bond acceptors (Lipinski definition) is 3. The van der Waals surface area contributed by atoms with Gasteiger partial charge in [-0.05, 0) is 54.8 Å². The number of amides is 1. The topological polar surface area (TPSA) is 75.3 Å². The lowest BCUT2D eigenvalue weighted by molar-refractivity contribution is 0.102. The lowest BCUT2D eigenvalue weighted by atomic mass is 10.1. The van der Waals surface area contributed by atoms with Crippen LogP contribution in [0.25, 0.3) is 0 Å². The lowest BCUT2D eigenvalue weighted by Crippen LogP contribution is -2.24. The van der Waals surface area contributed by atoms with Crippen LogP contribution in [0.5, 0.6) is 0 Å². The lowest BCUT2D eigenvalue weighted by Gasteiger charge is -2.08. The van der Waals surface area contributed by atoms with Crippen LogP contribution in [0.4, 0.5) is 5.69 Å². The maximum absolute atomic E-state index is 12.3. The standard InChI is InChI=1S/C20H26N2O3S/c1-3-5-6-15-21-26(24,25)19-13-9-17(10-14-19)20(23)22-18-11-7-16(4-2)8-12-18/h7-14,21H,3-6,15H2,1-2H3,(H,22,23). The molecule has 0 aliphatic heterocycles. The first-order chi connectivity index (χ1) is 12.5. The van der Waals surface area contributed by atoms with E-state index in [1.807, 2.05) is 24.3 Å². The van der Waals surface area contributed by atoms with E-state index in [1.165, 1.54) is 29.8 Å². The van der Waals surface area contributed by atoms with Crippen LogP contribution in [0.2, 0.25) is 0 Å². The average molecular weight is 375 g/mol. The van der Waals surface area contributed by atoms with Gasteiger partial charge in [0.25, 0.3) is 5.91 Å². The van der Waals surface area contributed by atoms with Crippen LogP contribution in [0.3, 0.4) is 0 Å². The Morgan fingerprint density at radius 2 is 1.58 bits per heavy atom. The van der Waals surface area contributed by atoms with Crippen LogP contribution in [0.15, 0.2) is 53.4 Å². The van der Waals surface area contributed by atoms with Gasteiger partial charge in [-0.3, -0.25) is 4.79 Å². The molecule has 5 nitrogen and oxygen atoms in total. The Morgan fingerprint density at radius 1 is 0.923 bits per heavy atom. The van der Waals surface area contributed by atoms with Crippen molar-refractivity contribution in [3.05, 3.63) is 59.7 Å². The van der Waals surface area contributed by atoms with Gasteiger partial charge < -0.3 is 5.32 Å². The van der Waals surface area contributed by atoms with E-state index in [1.54, 1.807) is 0 Å². The summed E-state index contributed by atoms with van der Waals surface area (Å²) in [5, 5.41) is 2.81. The SMILES string of the molecule is CCCCCNS(=O)(=O)c1ccc(C(=O)Nc2ccc(CC)cc2)cc1. The molecular formula is C20H26N2O3S. The summed E-state index contributed by atoms with van der Waals surface area (Å²) in [7, 11) is -3.53. The van der Waals surface area contributed by atoms with Gasteiger partial charge in [0.05, 0.1) is 4.90 Å². The summed E-state index contributed by atoms with van der Waals surface area (Å²) in [5.74, 6) is -0.269. The van der Waals surface area contributed by atoms with E-state index in [0.717, 1.165) is 25.7 Å². The van der Waals surface area contributed by atoms with Gasteiger partial charge in [0, 0.05) is 17.8 Å². The molecule has 0 aliphatic rings. The number of anilines is 1. The third-order valence-electron chi connectivity index (χ3n) is 4.12. The molecule has 2 N–H and O–H groups in total. The molecule has 0 radical (unpaired) electrons. The van der Waals surface area contributed by atoms with E-state index < -0.39 is 10.0 Å². The minimum absolute atomic E-state index is 0.165. The fraction of sp³-hybridized carbons (Fsp3) is 0.350. The predicted octanol–water partition coefficient (Wildman–Crippen LogP) is 3.97. The van der Waals surface area contributed by atoms with Gasteiger partial charge in [-0.2, -0.15) is 0 Å². The Balaban J connectivity index is 2.00. The number of carbonyl (C=O) groups is 1. The van der Waals surface area contributed by atoms with E-state index in [9.17, 15) is 13.2 Å². The summed E-state index contributed by atoms with van der Waals surface area (Å²) in [5.41, 5.74) is 2.32. The number of hydrogen-bond donors (Lipinski definition) is 2. The number of carbonyl (C=O) groups excluding carboxylic acids is 1. The molecule has 26 heavy (non-hydrogen) atoms. The highest BCUT2D eigenvalue weighted by molar-refractivity contribution is 7.89. The zero-order valence-electron chi connectivity index (χ0n) is 15.3. The van der Waals surface area contributed by atoms with Gasteiger partial charge in [-0.25, -0.2) is 13.1 Å². The molecule has 1 amide bonds. The molecule has 2 aromatic carbocycles. The second-order valence-electron chi connectivity index (χ2n) is 6.13. The highest BCUT2D eigenvalue weighted by Gasteiger charge is 2.14. The summed E-state index contributed by atoms with van der Waals surface area (Å²) in [6.45, 7) is 4.56. The molecule has 2 aromatic rings. The third-order valence-corrected chi connectivity index (χ3v) is 5.60. The Kier molecular flexibility index (Phi) is 7.36. The number of rotatable bonds is 9. The highest BCUT2D eigenvalue weighted by Crippen LogP contribution is 2.14. The second-order valence-corrected chi connectivity index (χ2v) is 7.90. The van der Waals surface area contributed by atoms with Crippen molar-refractivity contribution in [3.63, 3.8) is 0 Å². The number of nitrogens with one attached hydrogen (secondary N) is 2. The van der Waals surface area contributed by atoms with Crippen molar-refractivity contribution in [1.82, 2.24) is 4.72 Å². The van der Waals surface area contributed by atoms with Crippen LogP contribution in [-0.2, 0) is 16.4 Å². The maximum atomic E-state index is 12.3. The van der Waals surface area contributed by atoms with E-state index in [2.05, 4.69) is 23.9 Å². The molecule has 0 saturated heterocycles. The van der Waals surface area contributed by atoms with E-state index in [-0.39, 0.29) is 10.8 Å². The normalized spacial score (nSPS) is 11.3. The first-order valence-corrected chi connectivity index (χ1v) is 10.4. The van der Waals surface area contributed by atoms with Crippen molar-refractivity contribution < 1.29 is 13.2 Å². The number of benzene rings is 2. The smallest absolute Gasteiger partial charge is 0.255 e. The number of sulfonamides is 1. The highest BCUT2D eigenvalue weighted by atomic mass is 32.2. The van der Waals surface area contributed by atoms with Crippen LogP contribution < -0.4 is 10.0 Å². The average Bonchev–Trinajstić information content (AvgIpc) is 2.66. The monoisotopic (exact) mass is 374 g/mol. The van der Waals surface area contributed by atoms with Gasteiger partial charge >= 0.3 is 0 Å². The van der Waals surface area contributed by atoms with Crippen LogP contribution in [0, 0.1) is 0 Å². The first-order valence-electron chi connectivity index (χ1n) is 8.96. The van der Waals surface area contributed by atoms with Crippen molar-refractivity contribution in [2.75, 3.05) is 11.9 Å². The molecule has 140 valence electrons. The van der Waals surface area contributed by atoms with Crippen molar-refractivity contribution in [2.24, 2.45) is 0 Å². The van der Waals surface area contributed by atoms with E-state index in [4.69, 9.17) is 0 Å².